The summed E-state index contributed by atoms with van der Waals surface area (Å²) in [5, 5.41) is 1.71. The van der Waals surface area contributed by atoms with Crippen LogP contribution in [-0.4, -0.2) is 34.3 Å². The number of rotatable bonds is 8. The van der Waals surface area contributed by atoms with Crippen molar-refractivity contribution in [3.8, 4) is 17.2 Å². The highest BCUT2D eigenvalue weighted by atomic mass is 16.5. The third kappa shape index (κ3) is 4.79. The lowest BCUT2D eigenvalue weighted by atomic mass is 10.1. The summed E-state index contributed by atoms with van der Waals surface area (Å²) in [6.07, 6.45) is 0.904. The van der Waals surface area contributed by atoms with Gasteiger partial charge in [0.15, 0.2) is 11.5 Å². The Morgan fingerprint density at radius 3 is 2.12 bits per heavy atom. The van der Waals surface area contributed by atoms with Crippen molar-refractivity contribution in [2.75, 3.05) is 33.4 Å². The van der Waals surface area contributed by atoms with E-state index >= 15 is 0 Å². The SMILES string of the molecule is COc1cc(CCC(=O)NN(C)c2ccccc2)cc(OC)c1OC. The number of amides is 1. The first-order chi connectivity index (χ1) is 12.1. The average molecular weight is 344 g/mol. The lowest BCUT2D eigenvalue weighted by Gasteiger charge is -2.20. The van der Waals surface area contributed by atoms with Gasteiger partial charge < -0.3 is 14.2 Å². The molecule has 0 unspecified atom stereocenters. The minimum atomic E-state index is -0.0693. The van der Waals surface area contributed by atoms with Crippen LogP contribution in [0.1, 0.15) is 12.0 Å². The Kier molecular flexibility index (Phi) is 6.51. The molecule has 0 spiro atoms. The lowest BCUT2D eigenvalue weighted by Crippen LogP contribution is -2.39. The second-order valence-corrected chi connectivity index (χ2v) is 5.46. The van der Waals surface area contributed by atoms with Crippen molar-refractivity contribution in [2.24, 2.45) is 0 Å². The summed E-state index contributed by atoms with van der Waals surface area (Å²) in [6.45, 7) is 0. The van der Waals surface area contributed by atoms with Crippen LogP contribution in [0.15, 0.2) is 42.5 Å². The Morgan fingerprint density at radius 1 is 1.00 bits per heavy atom. The zero-order chi connectivity index (χ0) is 18.2. The number of hydrazine groups is 1. The fourth-order valence-corrected chi connectivity index (χ4v) is 2.50. The van der Waals surface area contributed by atoms with E-state index in [1.807, 2.05) is 49.5 Å². The van der Waals surface area contributed by atoms with Crippen LogP contribution >= 0.6 is 0 Å². The largest absolute Gasteiger partial charge is 0.493 e. The minimum Gasteiger partial charge on any atom is -0.493 e. The molecule has 0 atom stereocenters. The van der Waals surface area contributed by atoms with Gasteiger partial charge in [0.25, 0.3) is 0 Å². The van der Waals surface area contributed by atoms with E-state index in [-0.39, 0.29) is 5.91 Å². The second-order valence-electron chi connectivity index (χ2n) is 5.46. The number of anilines is 1. The number of hydrogen-bond donors (Lipinski definition) is 1. The third-order valence-electron chi connectivity index (χ3n) is 3.80. The molecule has 0 saturated heterocycles. The number of nitrogens with zero attached hydrogens (tertiary/aromatic N) is 1. The molecule has 1 N–H and O–H groups in total. The van der Waals surface area contributed by atoms with Gasteiger partial charge in [0.05, 0.1) is 27.0 Å². The van der Waals surface area contributed by atoms with Gasteiger partial charge in [0.1, 0.15) is 0 Å². The molecule has 6 heteroatoms. The molecular weight excluding hydrogens is 320 g/mol. The van der Waals surface area contributed by atoms with Gasteiger partial charge >= 0.3 is 0 Å². The number of methoxy groups -OCH3 is 3. The minimum absolute atomic E-state index is 0.0693. The maximum atomic E-state index is 12.2. The molecule has 0 aliphatic carbocycles. The molecule has 0 aromatic heterocycles. The van der Waals surface area contributed by atoms with Crippen molar-refractivity contribution in [1.82, 2.24) is 5.43 Å². The number of aryl methyl sites for hydroxylation is 1. The predicted molar refractivity (Wildman–Crippen MR) is 97.4 cm³/mol. The van der Waals surface area contributed by atoms with E-state index < -0.39 is 0 Å². The fraction of sp³-hybridized carbons (Fsp3) is 0.316. The molecule has 0 saturated carbocycles. The Labute approximate surface area is 148 Å². The van der Waals surface area contributed by atoms with Crippen LogP contribution in [0, 0.1) is 0 Å². The number of nitrogens with one attached hydrogen (secondary N) is 1. The van der Waals surface area contributed by atoms with E-state index in [9.17, 15) is 4.79 Å². The smallest absolute Gasteiger partial charge is 0.238 e. The van der Waals surface area contributed by atoms with E-state index in [0.717, 1.165) is 11.3 Å². The number of hydrogen-bond acceptors (Lipinski definition) is 5. The topological polar surface area (TPSA) is 60.0 Å². The molecule has 0 radical (unpaired) electrons. The van der Waals surface area contributed by atoms with Crippen molar-refractivity contribution in [3.63, 3.8) is 0 Å². The van der Waals surface area contributed by atoms with E-state index in [1.165, 1.54) is 0 Å². The van der Waals surface area contributed by atoms with Crippen molar-refractivity contribution in [1.29, 1.82) is 0 Å². The molecule has 0 heterocycles. The lowest BCUT2D eigenvalue weighted by molar-refractivity contribution is -0.121. The van der Waals surface area contributed by atoms with Crippen molar-refractivity contribution < 1.29 is 19.0 Å². The van der Waals surface area contributed by atoms with E-state index in [0.29, 0.717) is 30.1 Å². The van der Waals surface area contributed by atoms with Crippen molar-refractivity contribution in [2.45, 2.75) is 12.8 Å². The molecule has 0 fully saturated rings. The molecule has 0 bridgehead atoms. The van der Waals surface area contributed by atoms with E-state index in [1.54, 1.807) is 26.3 Å². The summed E-state index contributed by atoms with van der Waals surface area (Å²) in [5.74, 6) is 1.64. The monoisotopic (exact) mass is 344 g/mol. The summed E-state index contributed by atoms with van der Waals surface area (Å²) < 4.78 is 16.0. The van der Waals surface area contributed by atoms with Crippen LogP contribution in [0.3, 0.4) is 0 Å². The van der Waals surface area contributed by atoms with Gasteiger partial charge in [-0.15, -0.1) is 0 Å². The van der Waals surface area contributed by atoms with E-state index in [4.69, 9.17) is 14.2 Å². The molecule has 25 heavy (non-hydrogen) atoms. The maximum absolute atomic E-state index is 12.2. The highest BCUT2D eigenvalue weighted by Crippen LogP contribution is 2.38. The summed E-state index contributed by atoms with van der Waals surface area (Å²) in [7, 11) is 6.52. The molecule has 1 amide bonds. The average Bonchev–Trinajstić information content (AvgIpc) is 2.65. The molecule has 0 aliphatic heterocycles. The molecule has 2 aromatic carbocycles. The Morgan fingerprint density at radius 2 is 1.60 bits per heavy atom. The number of carbonyl (C=O) groups is 1. The normalized spacial score (nSPS) is 10.1. The van der Waals surface area contributed by atoms with Crippen LogP contribution < -0.4 is 24.6 Å². The van der Waals surface area contributed by atoms with E-state index in [2.05, 4.69) is 5.43 Å². The fourth-order valence-electron chi connectivity index (χ4n) is 2.50. The van der Waals surface area contributed by atoms with Gasteiger partial charge in [0, 0.05) is 13.5 Å². The van der Waals surface area contributed by atoms with Crippen LogP contribution in [-0.2, 0) is 11.2 Å². The number of benzene rings is 2. The summed E-state index contributed by atoms with van der Waals surface area (Å²) in [5.41, 5.74) is 4.71. The van der Waals surface area contributed by atoms with Gasteiger partial charge in [-0.25, -0.2) is 0 Å². The summed E-state index contributed by atoms with van der Waals surface area (Å²) in [6, 6.07) is 13.4. The van der Waals surface area contributed by atoms with Gasteiger partial charge in [-0.1, -0.05) is 18.2 Å². The first-order valence-electron chi connectivity index (χ1n) is 7.96. The van der Waals surface area contributed by atoms with Crippen LogP contribution in [0.5, 0.6) is 17.2 Å². The van der Waals surface area contributed by atoms with Gasteiger partial charge in [-0.3, -0.25) is 15.2 Å². The Bertz CT molecular complexity index is 679. The first kappa shape index (κ1) is 18.4. The number of para-hydroxylation sites is 1. The van der Waals surface area contributed by atoms with Crippen LogP contribution in [0.25, 0.3) is 0 Å². The van der Waals surface area contributed by atoms with Gasteiger partial charge in [-0.05, 0) is 36.2 Å². The number of carbonyl (C=O) groups excluding carboxylic acids is 1. The van der Waals surface area contributed by atoms with Crippen molar-refractivity contribution >= 4 is 11.6 Å². The van der Waals surface area contributed by atoms with Crippen LogP contribution in [0.2, 0.25) is 0 Å². The molecule has 6 nitrogen and oxygen atoms in total. The second kappa shape index (κ2) is 8.82. The molecule has 0 aliphatic rings. The predicted octanol–water partition coefficient (Wildman–Crippen LogP) is 2.81. The summed E-state index contributed by atoms with van der Waals surface area (Å²) in [4.78, 5) is 12.2. The zero-order valence-electron chi connectivity index (χ0n) is 15.0. The van der Waals surface area contributed by atoms with Gasteiger partial charge in [0.2, 0.25) is 11.7 Å². The van der Waals surface area contributed by atoms with Crippen molar-refractivity contribution in [3.05, 3.63) is 48.0 Å². The number of ether oxygens (including phenoxy) is 3. The van der Waals surface area contributed by atoms with Crippen LogP contribution in [0.4, 0.5) is 5.69 Å². The zero-order valence-corrected chi connectivity index (χ0v) is 15.0. The Hall–Kier alpha value is -2.89. The standard InChI is InChI=1S/C19H24N2O4/c1-21(15-8-6-5-7-9-15)20-18(22)11-10-14-12-16(23-2)19(25-4)17(13-14)24-3/h5-9,12-13H,10-11H2,1-4H3,(H,20,22). The molecule has 134 valence electrons. The molecule has 2 aromatic rings. The molecule has 2 rings (SSSR count). The highest BCUT2D eigenvalue weighted by Gasteiger charge is 2.14. The highest BCUT2D eigenvalue weighted by molar-refractivity contribution is 5.78. The quantitative estimate of drug-likeness (QED) is 0.746. The third-order valence-corrected chi connectivity index (χ3v) is 3.80. The maximum Gasteiger partial charge on any atom is 0.238 e. The Balaban J connectivity index is 1.99. The summed E-state index contributed by atoms with van der Waals surface area (Å²) >= 11 is 0. The van der Waals surface area contributed by atoms with Gasteiger partial charge in [-0.2, -0.15) is 0 Å². The first-order valence-corrected chi connectivity index (χ1v) is 7.96. The molecular formula is C19H24N2O4.